The molecule has 0 aliphatic heterocycles. The van der Waals surface area contributed by atoms with Crippen molar-refractivity contribution in [2.45, 2.75) is 26.7 Å². The van der Waals surface area contributed by atoms with Crippen molar-refractivity contribution < 1.29 is 14.6 Å². The third-order valence-corrected chi connectivity index (χ3v) is 3.02. The van der Waals surface area contributed by atoms with Crippen molar-refractivity contribution in [1.29, 1.82) is 0 Å². The minimum atomic E-state index is -0.757. The molecule has 0 unspecified atom stereocenters. The van der Waals surface area contributed by atoms with E-state index in [-0.39, 0.29) is 0 Å². The largest absolute Gasteiger partial charge is 0.481 e. The van der Waals surface area contributed by atoms with Gasteiger partial charge in [0.15, 0.2) is 0 Å². The van der Waals surface area contributed by atoms with Crippen molar-refractivity contribution in [3.05, 3.63) is 11.8 Å². The van der Waals surface area contributed by atoms with Crippen LogP contribution in [0.25, 0.3) is 0 Å². The van der Waals surface area contributed by atoms with Crippen molar-refractivity contribution in [2.24, 2.45) is 5.41 Å². The number of aromatic nitrogens is 2. The molecule has 1 fully saturated rings. The number of anilines is 1. The van der Waals surface area contributed by atoms with Gasteiger partial charge in [-0.25, -0.2) is 4.98 Å². The summed E-state index contributed by atoms with van der Waals surface area (Å²) in [6, 6.07) is 1.75. The van der Waals surface area contributed by atoms with Gasteiger partial charge in [0.1, 0.15) is 0 Å². The predicted octanol–water partition coefficient (Wildman–Crippen LogP) is 1.46. The van der Waals surface area contributed by atoms with E-state index < -0.39 is 11.4 Å². The molecule has 18 heavy (non-hydrogen) atoms. The highest BCUT2D eigenvalue weighted by atomic mass is 16.5. The summed E-state index contributed by atoms with van der Waals surface area (Å²) in [5.41, 5.74) is 0.162. The summed E-state index contributed by atoms with van der Waals surface area (Å²) < 4.78 is 5.31. The lowest BCUT2D eigenvalue weighted by atomic mass is 10.1. The number of rotatable bonds is 6. The van der Waals surface area contributed by atoms with Crippen LogP contribution in [0.3, 0.4) is 0 Å². The molecule has 1 heterocycles. The molecule has 2 N–H and O–H groups in total. The van der Waals surface area contributed by atoms with Crippen LogP contribution in [-0.2, 0) is 4.79 Å². The number of aryl methyl sites for hydroxylation is 1. The predicted molar refractivity (Wildman–Crippen MR) is 65.7 cm³/mol. The first kappa shape index (κ1) is 12.6. The van der Waals surface area contributed by atoms with Crippen molar-refractivity contribution >= 4 is 11.9 Å². The van der Waals surface area contributed by atoms with Gasteiger partial charge in [0.25, 0.3) is 0 Å². The van der Waals surface area contributed by atoms with Gasteiger partial charge in [0, 0.05) is 18.3 Å². The minimum Gasteiger partial charge on any atom is -0.481 e. The molecule has 1 saturated carbocycles. The molecule has 0 atom stereocenters. The summed E-state index contributed by atoms with van der Waals surface area (Å²) >= 11 is 0. The van der Waals surface area contributed by atoms with Gasteiger partial charge >= 0.3 is 5.97 Å². The zero-order valence-electron chi connectivity index (χ0n) is 10.6. The van der Waals surface area contributed by atoms with Crippen LogP contribution in [0.2, 0.25) is 0 Å². The van der Waals surface area contributed by atoms with Crippen LogP contribution in [-0.4, -0.2) is 34.2 Å². The standard InChI is InChI=1S/C12H17N3O3/c1-3-18-9-6-8(2)14-11(15-9)13-7-12(4-5-12)10(16)17/h6H,3-5,7H2,1-2H3,(H,16,17)(H,13,14,15). The Morgan fingerprint density at radius 1 is 1.56 bits per heavy atom. The van der Waals surface area contributed by atoms with E-state index in [4.69, 9.17) is 9.84 Å². The maximum absolute atomic E-state index is 11.0. The average Bonchev–Trinajstić information content (AvgIpc) is 3.07. The van der Waals surface area contributed by atoms with Gasteiger partial charge in [-0.2, -0.15) is 4.98 Å². The van der Waals surface area contributed by atoms with Crippen LogP contribution in [0, 0.1) is 12.3 Å². The highest BCUT2D eigenvalue weighted by Crippen LogP contribution is 2.45. The summed E-state index contributed by atoms with van der Waals surface area (Å²) in [7, 11) is 0. The molecule has 0 radical (unpaired) electrons. The second kappa shape index (κ2) is 4.80. The quantitative estimate of drug-likeness (QED) is 0.796. The Hall–Kier alpha value is -1.85. The number of hydrogen-bond donors (Lipinski definition) is 2. The molecule has 0 bridgehead atoms. The fourth-order valence-corrected chi connectivity index (χ4v) is 1.71. The van der Waals surface area contributed by atoms with Crippen molar-refractivity contribution in [2.75, 3.05) is 18.5 Å². The van der Waals surface area contributed by atoms with E-state index in [0.29, 0.717) is 37.8 Å². The number of nitrogens with zero attached hydrogens (tertiary/aromatic N) is 2. The molecule has 98 valence electrons. The Kier molecular flexibility index (Phi) is 3.36. The molecule has 0 aromatic carbocycles. The lowest BCUT2D eigenvalue weighted by Crippen LogP contribution is -2.25. The summed E-state index contributed by atoms with van der Waals surface area (Å²) in [6.07, 6.45) is 1.42. The molecule has 6 nitrogen and oxygen atoms in total. The van der Waals surface area contributed by atoms with Crippen molar-refractivity contribution in [3.8, 4) is 5.88 Å². The number of carbonyl (C=O) groups is 1. The van der Waals surface area contributed by atoms with Gasteiger partial charge in [0.05, 0.1) is 12.0 Å². The Morgan fingerprint density at radius 2 is 2.28 bits per heavy atom. The van der Waals surface area contributed by atoms with E-state index in [1.54, 1.807) is 6.07 Å². The first-order valence-corrected chi connectivity index (χ1v) is 6.01. The topological polar surface area (TPSA) is 84.3 Å². The summed E-state index contributed by atoms with van der Waals surface area (Å²) in [5.74, 6) is 0.173. The maximum Gasteiger partial charge on any atom is 0.311 e. The zero-order valence-corrected chi connectivity index (χ0v) is 10.6. The number of ether oxygens (including phenoxy) is 1. The lowest BCUT2D eigenvalue weighted by molar-refractivity contribution is -0.142. The lowest BCUT2D eigenvalue weighted by Gasteiger charge is -2.12. The Morgan fingerprint density at radius 3 is 2.83 bits per heavy atom. The van der Waals surface area contributed by atoms with Crippen LogP contribution in [0.5, 0.6) is 5.88 Å². The van der Waals surface area contributed by atoms with Crippen LogP contribution < -0.4 is 10.1 Å². The molecule has 2 rings (SSSR count). The highest BCUT2D eigenvalue weighted by Gasteiger charge is 2.50. The van der Waals surface area contributed by atoms with Gasteiger partial charge in [-0.15, -0.1) is 0 Å². The van der Waals surface area contributed by atoms with E-state index in [2.05, 4.69) is 15.3 Å². The zero-order chi connectivity index (χ0) is 13.2. The molecule has 1 aliphatic carbocycles. The Bertz CT molecular complexity index is 458. The number of nitrogens with one attached hydrogen (secondary N) is 1. The molecule has 0 spiro atoms. The van der Waals surface area contributed by atoms with Gasteiger partial charge in [-0.05, 0) is 26.7 Å². The van der Waals surface area contributed by atoms with Crippen molar-refractivity contribution in [1.82, 2.24) is 9.97 Å². The number of carboxylic acids is 1. The third-order valence-electron chi connectivity index (χ3n) is 3.02. The monoisotopic (exact) mass is 251 g/mol. The van der Waals surface area contributed by atoms with E-state index >= 15 is 0 Å². The van der Waals surface area contributed by atoms with Gasteiger partial charge < -0.3 is 15.2 Å². The Balaban J connectivity index is 2.03. The molecule has 1 aromatic heterocycles. The smallest absolute Gasteiger partial charge is 0.311 e. The summed E-state index contributed by atoms with van der Waals surface area (Å²) in [6.45, 7) is 4.62. The fourth-order valence-electron chi connectivity index (χ4n) is 1.71. The molecular formula is C12H17N3O3. The average molecular weight is 251 g/mol. The van der Waals surface area contributed by atoms with E-state index in [1.165, 1.54) is 0 Å². The molecule has 0 amide bonds. The van der Waals surface area contributed by atoms with Gasteiger partial charge in [-0.1, -0.05) is 0 Å². The number of carboxylic acid groups (broad SMARTS) is 1. The normalized spacial score (nSPS) is 16.1. The summed E-state index contributed by atoms with van der Waals surface area (Å²) in [5, 5.41) is 12.1. The minimum absolute atomic E-state index is 0.358. The maximum atomic E-state index is 11.0. The fraction of sp³-hybridized carbons (Fsp3) is 0.583. The van der Waals surface area contributed by atoms with E-state index in [1.807, 2.05) is 13.8 Å². The Labute approximate surface area is 105 Å². The molecule has 1 aliphatic rings. The molecule has 1 aromatic rings. The SMILES string of the molecule is CCOc1cc(C)nc(NCC2(C(=O)O)CC2)n1. The van der Waals surface area contributed by atoms with Crippen LogP contribution in [0.15, 0.2) is 6.07 Å². The van der Waals surface area contributed by atoms with Crippen molar-refractivity contribution in [3.63, 3.8) is 0 Å². The van der Waals surface area contributed by atoms with Crippen LogP contribution >= 0.6 is 0 Å². The molecule has 0 saturated heterocycles. The molecular weight excluding hydrogens is 234 g/mol. The first-order valence-electron chi connectivity index (χ1n) is 6.01. The van der Waals surface area contributed by atoms with E-state index in [9.17, 15) is 4.79 Å². The molecule has 6 heteroatoms. The summed E-state index contributed by atoms with van der Waals surface area (Å²) in [4.78, 5) is 19.4. The van der Waals surface area contributed by atoms with E-state index in [0.717, 1.165) is 5.69 Å². The third kappa shape index (κ3) is 2.69. The number of hydrogen-bond acceptors (Lipinski definition) is 5. The van der Waals surface area contributed by atoms with Crippen LogP contribution in [0.4, 0.5) is 5.95 Å². The number of aliphatic carboxylic acids is 1. The first-order chi connectivity index (χ1) is 8.55. The van der Waals surface area contributed by atoms with Gasteiger partial charge in [-0.3, -0.25) is 4.79 Å². The highest BCUT2D eigenvalue weighted by molar-refractivity contribution is 5.78. The van der Waals surface area contributed by atoms with Crippen LogP contribution in [0.1, 0.15) is 25.5 Å². The second-order valence-electron chi connectivity index (χ2n) is 4.54. The van der Waals surface area contributed by atoms with Gasteiger partial charge in [0.2, 0.25) is 11.8 Å². The second-order valence-corrected chi connectivity index (χ2v) is 4.54.